The second-order valence-corrected chi connectivity index (χ2v) is 3.81. The summed E-state index contributed by atoms with van der Waals surface area (Å²) in [5.41, 5.74) is 5.48. The fraction of sp³-hybridized carbons (Fsp3) is 0.100. The summed E-state index contributed by atoms with van der Waals surface area (Å²) in [6.07, 6.45) is -0.226. The second-order valence-electron chi connectivity index (χ2n) is 2.97. The maximum atomic E-state index is 10.9. The molecule has 0 saturated heterocycles. The molecule has 5 nitrogen and oxygen atoms in total. The summed E-state index contributed by atoms with van der Waals surface area (Å²) in [6, 6.07) is 8.62. The SMILES string of the molecule is N#CCC(=O)NNC(=S)Nc1ccc(Cl)cc1. The van der Waals surface area contributed by atoms with Gasteiger partial charge >= 0.3 is 0 Å². The van der Waals surface area contributed by atoms with Crippen LogP contribution in [0.15, 0.2) is 24.3 Å². The van der Waals surface area contributed by atoms with Crippen molar-refractivity contribution in [3.8, 4) is 6.07 Å². The van der Waals surface area contributed by atoms with Crippen LogP contribution in [0.5, 0.6) is 0 Å². The predicted octanol–water partition coefficient (Wildman–Crippen LogP) is 1.57. The van der Waals surface area contributed by atoms with Gasteiger partial charge in [0.1, 0.15) is 6.42 Å². The molecule has 1 aromatic rings. The van der Waals surface area contributed by atoms with Crippen molar-refractivity contribution in [1.29, 1.82) is 5.26 Å². The molecule has 1 rings (SSSR count). The van der Waals surface area contributed by atoms with Gasteiger partial charge in [0, 0.05) is 10.7 Å². The van der Waals surface area contributed by atoms with Gasteiger partial charge in [-0.15, -0.1) is 0 Å². The smallest absolute Gasteiger partial charge is 0.252 e. The topological polar surface area (TPSA) is 77.0 Å². The first kappa shape index (κ1) is 13.2. The van der Waals surface area contributed by atoms with E-state index in [0.717, 1.165) is 5.69 Å². The highest BCUT2D eigenvalue weighted by Crippen LogP contribution is 2.12. The minimum atomic E-state index is -0.451. The largest absolute Gasteiger partial charge is 0.331 e. The molecule has 0 fully saturated rings. The summed E-state index contributed by atoms with van der Waals surface area (Å²) in [5.74, 6) is -0.451. The zero-order chi connectivity index (χ0) is 12.7. The summed E-state index contributed by atoms with van der Waals surface area (Å²) in [4.78, 5) is 10.9. The molecular weight excluding hydrogens is 260 g/mol. The van der Waals surface area contributed by atoms with Crippen molar-refractivity contribution in [2.45, 2.75) is 6.42 Å². The van der Waals surface area contributed by atoms with E-state index in [1.165, 1.54) is 0 Å². The number of hydrogen-bond donors (Lipinski definition) is 3. The van der Waals surface area contributed by atoms with E-state index >= 15 is 0 Å². The zero-order valence-electron chi connectivity index (χ0n) is 8.66. The Morgan fingerprint density at radius 1 is 1.35 bits per heavy atom. The number of carbonyl (C=O) groups is 1. The Hall–Kier alpha value is -1.84. The van der Waals surface area contributed by atoms with Crippen LogP contribution < -0.4 is 16.2 Å². The number of halogens is 1. The van der Waals surface area contributed by atoms with Crippen LogP contribution >= 0.6 is 23.8 Å². The van der Waals surface area contributed by atoms with E-state index in [1.54, 1.807) is 30.3 Å². The van der Waals surface area contributed by atoms with Crippen LogP contribution in [0.25, 0.3) is 0 Å². The van der Waals surface area contributed by atoms with Gasteiger partial charge in [-0.2, -0.15) is 5.26 Å². The van der Waals surface area contributed by atoms with E-state index in [2.05, 4.69) is 16.2 Å². The molecule has 0 aliphatic heterocycles. The van der Waals surface area contributed by atoms with Gasteiger partial charge in [-0.3, -0.25) is 15.6 Å². The molecule has 0 radical (unpaired) electrons. The lowest BCUT2D eigenvalue weighted by Gasteiger charge is -2.10. The van der Waals surface area contributed by atoms with Crippen LogP contribution in [0.1, 0.15) is 6.42 Å². The van der Waals surface area contributed by atoms with Crippen LogP contribution in [0.3, 0.4) is 0 Å². The maximum Gasteiger partial charge on any atom is 0.252 e. The number of amides is 1. The van der Waals surface area contributed by atoms with Gasteiger partial charge in [0.2, 0.25) is 0 Å². The van der Waals surface area contributed by atoms with E-state index in [4.69, 9.17) is 29.1 Å². The molecule has 0 unspecified atom stereocenters. The lowest BCUT2D eigenvalue weighted by molar-refractivity contribution is -0.120. The molecule has 1 amide bonds. The van der Waals surface area contributed by atoms with Crippen molar-refractivity contribution >= 4 is 40.5 Å². The minimum Gasteiger partial charge on any atom is -0.331 e. The number of nitrogens with one attached hydrogen (secondary N) is 3. The summed E-state index contributed by atoms with van der Waals surface area (Å²) in [6.45, 7) is 0. The molecule has 7 heteroatoms. The Labute approximate surface area is 109 Å². The van der Waals surface area contributed by atoms with Crippen molar-refractivity contribution in [2.75, 3.05) is 5.32 Å². The molecule has 1 aromatic carbocycles. The molecule has 0 aliphatic rings. The quantitative estimate of drug-likeness (QED) is 0.561. The first-order chi connectivity index (χ1) is 8.11. The van der Waals surface area contributed by atoms with Crippen LogP contribution in [0.4, 0.5) is 5.69 Å². The first-order valence-corrected chi connectivity index (χ1v) is 5.39. The Kier molecular flexibility index (Phi) is 5.20. The molecule has 0 aliphatic carbocycles. The molecule has 0 bridgehead atoms. The highest BCUT2D eigenvalue weighted by Gasteiger charge is 2.01. The van der Waals surface area contributed by atoms with Gasteiger partial charge in [-0.1, -0.05) is 11.6 Å². The van der Waals surface area contributed by atoms with Crippen LogP contribution in [-0.2, 0) is 4.79 Å². The van der Waals surface area contributed by atoms with Crippen molar-refractivity contribution in [2.24, 2.45) is 0 Å². The summed E-state index contributed by atoms with van der Waals surface area (Å²) >= 11 is 10.6. The number of nitriles is 1. The summed E-state index contributed by atoms with van der Waals surface area (Å²) in [7, 11) is 0. The Morgan fingerprint density at radius 2 is 2.00 bits per heavy atom. The normalized spacial score (nSPS) is 8.94. The lowest BCUT2D eigenvalue weighted by Crippen LogP contribution is -2.43. The number of hydrazine groups is 1. The highest BCUT2D eigenvalue weighted by molar-refractivity contribution is 7.80. The third kappa shape index (κ3) is 5.15. The predicted molar refractivity (Wildman–Crippen MR) is 69.2 cm³/mol. The third-order valence-electron chi connectivity index (χ3n) is 1.66. The summed E-state index contributed by atoms with van der Waals surface area (Å²) < 4.78 is 0. The fourth-order valence-corrected chi connectivity index (χ4v) is 1.23. The van der Waals surface area contributed by atoms with Gasteiger partial charge in [0.25, 0.3) is 5.91 Å². The molecule has 0 saturated carbocycles. The summed E-state index contributed by atoms with van der Waals surface area (Å²) in [5, 5.41) is 11.9. The number of thiocarbonyl (C=S) groups is 1. The van der Waals surface area contributed by atoms with E-state index in [0.29, 0.717) is 5.02 Å². The van der Waals surface area contributed by atoms with Crippen LogP contribution in [-0.4, -0.2) is 11.0 Å². The zero-order valence-corrected chi connectivity index (χ0v) is 10.2. The van der Waals surface area contributed by atoms with Crippen LogP contribution in [0.2, 0.25) is 5.02 Å². The number of rotatable bonds is 2. The molecule has 88 valence electrons. The Bertz CT molecular complexity index is 454. The van der Waals surface area contributed by atoms with Crippen molar-refractivity contribution < 1.29 is 4.79 Å². The van der Waals surface area contributed by atoms with E-state index < -0.39 is 5.91 Å². The molecule has 0 heterocycles. The molecule has 0 spiro atoms. The average Bonchev–Trinajstić information content (AvgIpc) is 2.30. The average molecular weight is 269 g/mol. The number of benzene rings is 1. The van der Waals surface area contributed by atoms with E-state index in [1.807, 2.05) is 0 Å². The highest BCUT2D eigenvalue weighted by atomic mass is 35.5. The molecular formula is C10H9ClN4OS. The first-order valence-electron chi connectivity index (χ1n) is 4.60. The number of carbonyl (C=O) groups excluding carboxylic acids is 1. The lowest BCUT2D eigenvalue weighted by atomic mass is 10.3. The van der Waals surface area contributed by atoms with Crippen molar-refractivity contribution in [1.82, 2.24) is 10.9 Å². The molecule has 0 atom stereocenters. The number of hydrogen-bond acceptors (Lipinski definition) is 3. The minimum absolute atomic E-state index is 0.221. The third-order valence-corrected chi connectivity index (χ3v) is 2.11. The standard InChI is InChI=1S/C10H9ClN4OS/c11-7-1-3-8(4-2-7)13-10(17)15-14-9(16)5-6-12/h1-4H,5H2,(H,14,16)(H2,13,15,17). The van der Waals surface area contributed by atoms with Crippen molar-refractivity contribution in [3.05, 3.63) is 29.3 Å². The maximum absolute atomic E-state index is 10.9. The number of anilines is 1. The Morgan fingerprint density at radius 3 is 2.59 bits per heavy atom. The fourth-order valence-electron chi connectivity index (χ4n) is 0.938. The van der Waals surface area contributed by atoms with Gasteiger partial charge in [0.15, 0.2) is 5.11 Å². The molecule has 3 N–H and O–H groups in total. The van der Waals surface area contributed by atoms with Gasteiger partial charge in [-0.05, 0) is 36.5 Å². The molecule has 17 heavy (non-hydrogen) atoms. The van der Waals surface area contributed by atoms with Crippen LogP contribution in [0, 0.1) is 11.3 Å². The van der Waals surface area contributed by atoms with E-state index in [-0.39, 0.29) is 11.5 Å². The second kappa shape index (κ2) is 6.68. The van der Waals surface area contributed by atoms with Gasteiger partial charge in [0.05, 0.1) is 6.07 Å². The monoisotopic (exact) mass is 268 g/mol. The van der Waals surface area contributed by atoms with E-state index in [9.17, 15) is 4.79 Å². The van der Waals surface area contributed by atoms with Crippen molar-refractivity contribution in [3.63, 3.8) is 0 Å². The molecule has 0 aromatic heterocycles. The van der Waals surface area contributed by atoms with Gasteiger partial charge in [-0.25, -0.2) is 0 Å². The Balaban J connectivity index is 2.37. The van der Waals surface area contributed by atoms with Gasteiger partial charge < -0.3 is 5.32 Å². The number of nitrogens with zero attached hydrogens (tertiary/aromatic N) is 1.